The topological polar surface area (TPSA) is 73.6 Å². The minimum absolute atomic E-state index is 0.102. The van der Waals surface area contributed by atoms with Gasteiger partial charge in [-0.25, -0.2) is 0 Å². The number of carbonyl (C=O) groups excluding carboxylic acids is 1. The molecule has 2 aliphatic heterocycles. The lowest BCUT2D eigenvalue weighted by molar-refractivity contribution is -0.113. The lowest BCUT2D eigenvalue weighted by atomic mass is 9.78. The first-order valence-electron chi connectivity index (χ1n) is 13.7. The van der Waals surface area contributed by atoms with Crippen LogP contribution in [0.1, 0.15) is 50.3 Å². The molecule has 0 radical (unpaired) electrons. The second-order valence-corrected chi connectivity index (χ2v) is 10.9. The van der Waals surface area contributed by atoms with E-state index < -0.39 is 0 Å². The Morgan fingerprint density at radius 2 is 1.71 bits per heavy atom. The number of ether oxygens (including phenoxy) is 2. The van der Waals surface area contributed by atoms with Gasteiger partial charge in [-0.3, -0.25) is 4.79 Å². The molecule has 5 rings (SSSR count). The Hall–Kier alpha value is -3.41. The van der Waals surface area contributed by atoms with E-state index in [2.05, 4.69) is 74.6 Å². The molecule has 38 heavy (non-hydrogen) atoms. The first kappa shape index (κ1) is 26.2. The third kappa shape index (κ3) is 5.85. The highest BCUT2D eigenvalue weighted by Crippen LogP contribution is 2.32. The number of carbonyl (C=O) groups is 1. The smallest absolute Gasteiger partial charge is 0.251 e. The molecular formula is C33H38N2O3. The van der Waals surface area contributed by atoms with Gasteiger partial charge in [0.05, 0.1) is 12.7 Å². The van der Waals surface area contributed by atoms with Crippen molar-refractivity contribution in [3.05, 3.63) is 89.0 Å². The van der Waals surface area contributed by atoms with Gasteiger partial charge >= 0.3 is 0 Å². The molecule has 0 bridgehead atoms. The van der Waals surface area contributed by atoms with Gasteiger partial charge in [-0.2, -0.15) is 0 Å². The molecule has 3 N–H and O–H groups in total. The van der Waals surface area contributed by atoms with Gasteiger partial charge in [0.15, 0.2) is 0 Å². The van der Waals surface area contributed by atoms with Gasteiger partial charge in [-0.15, -0.1) is 0 Å². The Bertz CT molecular complexity index is 1310. The predicted molar refractivity (Wildman–Crippen MR) is 154 cm³/mol. The molecule has 1 amide bonds. The van der Waals surface area contributed by atoms with Crippen molar-refractivity contribution in [2.45, 2.75) is 58.1 Å². The van der Waals surface area contributed by atoms with Crippen LogP contribution in [0, 0.1) is 5.92 Å². The van der Waals surface area contributed by atoms with Gasteiger partial charge in [-0.05, 0) is 78.8 Å². The number of aryl methyl sites for hydroxylation is 1. The summed E-state index contributed by atoms with van der Waals surface area (Å²) >= 11 is 0. The van der Waals surface area contributed by atoms with Gasteiger partial charge in [0.1, 0.15) is 5.75 Å². The van der Waals surface area contributed by atoms with Crippen LogP contribution in [0.15, 0.2) is 72.3 Å². The lowest BCUT2D eigenvalue weighted by Crippen LogP contribution is -2.53. The summed E-state index contributed by atoms with van der Waals surface area (Å²) in [6.45, 7) is 7.61. The number of fused-ring (bicyclic) bond motifs is 1. The molecular weight excluding hydrogens is 472 g/mol. The summed E-state index contributed by atoms with van der Waals surface area (Å²) in [7, 11) is 0. The van der Waals surface area contributed by atoms with Gasteiger partial charge in [0.2, 0.25) is 0 Å². The third-order valence-corrected chi connectivity index (χ3v) is 8.17. The standard InChI is InChI=1S/C33H38N2O3/c1-4-23-5-9-25(10-6-23)26-11-14-30-28(20-26)21-27(15-17-37-30)32(36)35-29-12-7-24(8-13-29)19-31-22(2)33(3,34)16-18-38-31/h5-14,20-22,31H,4,15-19,34H2,1-3H3,(H,35,36). The summed E-state index contributed by atoms with van der Waals surface area (Å²) in [6.07, 6.45) is 5.32. The number of hydrogen-bond donors (Lipinski definition) is 2. The Labute approximate surface area is 226 Å². The molecule has 1 saturated heterocycles. The zero-order chi connectivity index (χ0) is 26.7. The Morgan fingerprint density at radius 3 is 2.45 bits per heavy atom. The van der Waals surface area contributed by atoms with Crippen LogP contribution >= 0.6 is 0 Å². The monoisotopic (exact) mass is 510 g/mol. The van der Waals surface area contributed by atoms with E-state index >= 15 is 0 Å². The van der Waals surface area contributed by atoms with Crippen molar-refractivity contribution in [3.63, 3.8) is 0 Å². The van der Waals surface area contributed by atoms with Crippen LogP contribution in [-0.4, -0.2) is 30.8 Å². The normalized spacial score (nSPS) is 23.0. The summed E-state index contributed by atoms with van der Waals surface area (Å²) in [6, 6.07) is 22.8. The molecule has 198 valence electrons. The first-order chi connectivity index (χ1) is 18.3. The predicted octanol–water partition coefficient (Wildman–Crippen LogP) is 6.41. The van der Waals surface area contributed by atoms with E-state index in [1.54, 1.807) is 0 Å². The molecule has 3 aromatic carbocycles. The Kier molecular flexibility index (Phi) is 7.68. The quantitative estimate of drug-likeness (QED) is 0.402. The molecule has 5 nitrogen and oxygen atoms in total. The van der Waals surface area contributed by atoms with E-state index in [1.165, 1.54) is 11.1 Å². The molecule has 2 heterocycles. The molecule has 3 aromatic rings. The van der Waals surface area contributed by atoms with Crippen molar-refractivity contribution in [2.75, 3.05) is 18.5 Å². The zero-order valence-electron chi connectivity index (χ0n) is 22.6. The summed E-state index contributed by atoms with van der Waals surface area (Å²) in [5, 5.41) is 3.07. The lowest BCUT2D eigenvalue weighted by Gasteiger charge is -2.42. The molecule has 0 saturated carbocycles. The molecule has 0 aliphatic carbocycles. The maximum Gasteiger partial charge on any atom is 0.251 e. The van der Waals surface area contributed by atoms with Crippen LogP contribution < -0.4 is 15.8 Å². The minimum atomic E-state index is -0.202. The Morgan fingerprint density at radius 1 is 1.00 bits per heavy atom. The Balaban J connectivity index is 1.27. The van der Waals surface area contributed by atoms with Crippen LogP contribution in [0.5, 0.6) is 5.75 Å². The van der Waals surface area contributed by atoms with Crippen LogP contribution in [0.2, 0.25) is 0 Å². The number of amides is 1. The van der Waals surface area contributed by atoms with Crippen LogP contribution in [-0.2, 0) is 22.4 Å². The summed E-state index contributed by atoms with van der Waals surface area (Å²) in [5.74, 6) is 0.980. The fourth-order valence-corrected chi connectivity index (χ4v) is 5.25. The highest BCUT2D eigenvalue weighted by atomic mass is 16.5. The van der Waals surface area contributed by atoms with Crippen molar-refractivity contribution < 1.29 is 14.3 Å². The second-order valence-electron chi connectivity index (χ2n) is 10.9. The van der Waals surface area contributed by atoms with E-state index in [9.17, 15) is 4.79 Å². The third-order valence-electron chi connectivity index (χ3n) is 8.17. The molecule has 3 unspecified atom stereocenters. The van der Waals surface area contributed by atoms with E-state index in [1.807, 2.05) is 24.3 Å². The van der Waals surface area contributed by atoms with Crippen molar-refractivity contribution in [2.24, 2.45) is 11.7 Å². The van der Waals surface area contributed by atoms with E-state index in [0.717, 1.165) is 47.4 Å². The average Bonchev–Trinajstić information content (AvgIpc) is 3.14. The van der Waals surface area contributed by atoms with Gasteiger partial charge in [0.25, 0.3) is 5.91 Å². The maximum atomic E-state index is 13.2. The van der Waals surface area contributed by atoms with E-state index in [-0.39, 0.29) is 23.5 Å². The number of nitrogens with one attached hydrogen (secondary N) is 1. The second kappa shape index (κ2) is 11.1. The van der Waals surface area contributed by atoms with E-state index in [4.69, 9.17) is 15.2 Å². The first-order valence-corrected chi connectivity index (χ1v) is 13.7. The number of rotatable bonds is 6. The molecule has 0 spiro atoms. The van der Waals surface area contributed by atoms with Gasteiger partial charge in [0, 0.05) is 41.3 Å². The number of benzene rings is 3. The fraction of sp³-hybridized carbons (Fsp3) is 0.364. The zero-order valence-corrected chi connectivity index (χ0v) is 22.6. The van der Waals surface area contributed by atoms with Gasteiger partial charge < -0.3 is 20.5 Å². The van der Waals surface area contributed by atoms with Crippen LogP contribution in [0.25, 0.3) is 17.2 Å². The van der Waals surface area contributed by atoms with Crippen LogP contribution in [0.3, 0.4) is 0 Å². The average molecular weight is 511 g/mol. The van der Waals surface area contributed by atoms with Crippen molar-refractivity contribution in [1.29, 1.82) is 0 Å². The summed E-state index contributed by atoms with van der Waals surface area (Å²) in [5.41, 5.74) is 13.4. The number of anilines is 1. The minimum Gasteiger partial charge on any atom is -0.493 e. The highest BCUT2D eigenvalue weighted by molar-refractivity contribution is 6.07. The molecule has 3 atom stereocenters. The molecule has 1 fully saturated rings. The van der Waals surface area contributed by atoms with Crippen molar-refractivity contribution in [3.8, 4) is 16.9 Å². The summed E-state index contributed by atoms with van der Waals surface area (Å²) in [4.78, 5) is 13.2. The largest absolute Gasteiger partial charge is 0.493 e. The number of nitrogens with two attached hydrogens (primary N) is 1. The molecule has 5 heteroatoms. The fourth-order valence-electron chi connectivity index (χ4n) is 5.25. The number of hydrogen-bond acceptors (Lipinski definition) is 4. The maximum absolute atomic E-state index is 13.2. The summed E-state index contributed by atoms with van der Waals surface area (Å²) < 4.78 is 12.0. The van der Waals surface area contributed by atoms with Crippen LogP contribution in [0.4, 0.5) is 5.69 Å². The van der Waals surface area contributed by atoms with Gasteiger partial charge in [-0.1, -0.05) is 56.3 Å². The van der Waals surface area contributed by atoms with Crippen molar-refractivity contribution >= 4 is 17.7 Å². The molecule has 0 aromatic heterocycles. The highest BCUT2D eigenvalue weighted by Gasteiger charge is 2.37. The molecule has 2 aliphatic rings. The van der Waals surface area contributed by atoms with E-state index in [0.29, 0.717) is 25.2 Å². The van der Waals surface area contributed by atoms with Crippen molar-refractivity contribution in [1.82, 2.24) is 0 Å². The SMILES string of the molecule is CCc1ccc(-c2ccc3c(c2)C=C(C(=O)Nc2ccc(CC4OCCC(C)(N)C4C)cc2)CCO3)cc1.